The van der Waals surface area contributed by atoms with Crippen LogP contribution in [0.4, 0.5) is 5.69 Å². The Kier molecular flexibility index (Phi) is 3.84. The second kappa shape index (κ2) is 5.74. The Bertz CT molecular complexity index is 671. The quantitative estimate of drug-likeness (QED) is 0.837. The number of hydrogen-bond donors (Lipinski definition) is 1. The van der Waals surface area contributed by atoms with Crippen LogP contribution >= 0.6 is 0 Å². The van der Waals surface area contributed by atoms with Gasteiger partial charge in [-0.15, -0.1) is 0 Å². The largest absolute Gasteiger partial charge is 0.490 e. The third-order valence-electron chi connectivity index (χ3n) is 2.63. The van der Waals surface area contributed by atoms with Gasteiger partial charge in [0.2, 0.25) is 0 Å². The summed E-state index contributed by atoms with van der Waals surface area (Å²) in [4.78, 5) is 11.5. The number of rotatable bonds is 4. The lowest BCUT2D eigenvalue weighted by molar-refractivity contribution is 0.298. The smallest absolute Gasteiger partial charge is 0.250 e. The molecule has 0 bridgehead atoms. The number of nitrogen functional groups attached to an aromatic ring is 1. The van der Waals surface area contributed by atoms with E-state index in [2.05, 4.69) is 0 Å². The summed E-state index contributed by atoms with van der Waals surface area (Å²) in [5, 5.41) is 8.72. The molecular weight excluding hydrogens is 242 g/mol. The molecule has 1 aromatic carbocycles. The van der Waals surface area contributed by atoms with E-state index in [1.807, 2.05) is 6.07 Å². The number of nitrogens with zero attached hydrogens (tertiary/aromatic N) is 2. The van der Waals surface area contributed by atoms with Crippen LogP contribution in [0, 0.1) is 11.3 Å². The van der Waals surface area contributed by atoms with Gasteiger partial charge in [-0.2, -0.15) is 5.26 Å². The van der Waals surface area contributed by atoms with Gasteiger partial charge in [-0.1, -0.05) is 6.07 Å². The summed E-state index contributed by atoms with van der Waals surface area (Å²) in [5.74, 6) is 0.517. The first-order valence-electron chi connectivity index (χ1n) is 5.78. The molecule has 0 spiro atoms. The number of hydrogen-bond acceptors (Lipinski definition) is 4. The fourth-order valence-corrected chi connectivity index (χ4v) is 1.65. The Balaban J connectivity index is 1.99. The third-order valence-corrected chi connectivity index (χ3v) is 2.63. The maximum atomic E-state index is 11.5. The topological polar surface area (TPSA) is 81.0 Å². The summed E-state index contributed by atoms with van der Waals surface area (Å²) in [6.07, 6.45) is 1.70. The average molecular weight is 255 g/mol. The van der Waals surface area contributed by atoms with Crippen molar-refractivity contribution in [2.45, 2.75) is 6.54 Å². The molecule has 2 rings (SSSR count). The van der Waals surface area contributed by atoms with Gasteiger partial charge < -0.3 is 15.0 Å². The first-order chi connectivity index (χ1) is 9.20. The van der Waals surface area contributed by atoms with Gasteiger partial charge >= 0.3 is 0 Å². The molecule has 0 fully saturated rings. The molecule has 0 aliphatic heterocycles. The van der Waals surface area contributed by atoms with E-state index in [-0.39, 0.29) is 5.56 Å². The fraction of sp³-hybridized carbons (Fsp3) is 0.143. The minimum absolute atomic E-state index is 0.0705. The summed E-state index contributed by atoms with van der Waals surface area (Å²) < 4.78 is 7.06. The van der Waals surface area contributed by atoms with E-state index in [1.54, 1.807) is 41.1 Å². The molecule has 2 N–H and O–H groups in total. The second-order valence-electron chi connectivity index (χ2n) is 3.95. The number of ether oxygens (including phenoxy) is 1. The van der Waals surface area contributed by atoms with Crippen molar-refractivity contribution in [1.82, 2.24) is 4.57 Å². The molecule has 0 atom stereocenters. The van der Waals surface area contributed by atoms with Crippen molar-refractivity contribution in [2.75, 3.05) is 12.3 Å². The molecule has 0 unspecified atom stereocenters. The molecule has 0 saturated heterocycles. The highest BCUT2D eigenvalue weighted by Gasteiger charge is 2.02. The number of aromatic nitrogens is 1. The number of anilines is 1. The molecule has 1 heterocycles. The van der Waals surface area contributed by atoms with Crippen molar-refractivity contribution >= 4 is 5.69 Å². The first kappa shape index (κ1) is 12.7. The summed E-state index contributed by atoms with van der Waals surface area (Å²) in [7, 11) is 0. The van der Waals surface area contributed by atoms with Crippen LogP contribution < -0.4 is 16.0 Å². The maximum absolute atomic E-state index is 11.5. The Morgan fingerprint density at radius 1 is 1.32 bits per heavy atom. The van der Waals surface area contributed by atoms with E-state index in [9.17, 15) is 4.79 Å². The Hall–Kier alpha value is -2.74. The van der Waals surface area contributed by atoms with Crippen LogP contribution in [0.3, 0.4) is 0 Å². The molecule has 96 valence electrons. The molecule has 0 radical (unpaired) electrons. The van der Waals surface area contributed by atoms with E-state index in [0.29, 0.717) is 30.2 Å². The highest BCUT2D eigenvalue weighted by molar-refractivity contribution is 5.56. The number of nitrogens with two attached hydrogens (primary N) is 1. The summed E-state index contributed by atoms with van der Waals surface area (Å²) >= 11 is 0. The molecule has 0 aliphatic rings. The SMILES string of the molecule is N#Cc1ccc(OCCn2ccccc2=O)c(N)c1. The van der Waals surface area contributed by atoms with Gasteiger partial charge in [0.1, 0.15) is 12.4 Å². The highest BCUT2D eigenvalue weighted by Crippen LogP contribution is 2.21. The van der Waals surface area contributed by atoms with E-state index < -0.39 is 0 Å². The molecule has 5 heteroatoms. The standard InChI is InChI=1S/C14H13N3O2/c15-10-11-4-5-13(12(16)9-11)19-8-7-17-6-2-1-3-14(17)18/h1-6,9H,7-8,16H2. The molecule has 0 saturated carbocycles. The van der Waals surface area contributed by atoms with Crippen LogP contribution in [-0.2, 0) is 6.54 Å². The maximum Gasteiger partial charge on any atom is 0.250 e. The molecule has 19 heavy (non-hydrogen) atoms. The van der Waals surface area contributed by atoms with Crippen LogP contribution in [0.2, 0.25) is 0 Å². The lowest BCUT2D eigenvalue weighted by Gasteiger charge is -2.10. The van der Waals surface area contributed by atoms with E-state index in [0.717, 1.165) is 0 Å². The van der Waals surface area contributed by atoms with Crippen LogP contribution in [0.15, 0.2) is 47.4 Å². The molecule has 0 amide bonds. The molecule has 1 aromatic heterocycles. The van der Waals surface area contributed by atoms with Crippen LogP contribution in [0.5, 0.6) is 5.75 Å². The van der Waals surface area contributed by atoms with Crippen molar-refractivity contribution < 1.29 is 4.74 Å². The van der Waals surface area contributed by atoms with Gasteiger partial charge in [0, 0.05) is 12.3 Å². The summed E-state index contributed by atoms with van der Waals surface area (Å²) in [6.45, 7) is 0.777. The summed E-state index contributed by atoms with van der Waals surface area (Å²) in [6, 6.07) is 11.8. The van der Waals surface area contributed by atoms with E-state index in [4.69, 9.17) is 15.7 Å². The van der Waals surface area contributed by atoms with E-state index in [1.165, 1.54) is 6.07 Å². The van der Waals surface area contributed by atoms with E-state index >= 15 is 0 Å². The van der Waals surface area contributed by atoms with Gasteiger partial charge in [-0.05, 0) is 24.3 Å². The first-order valence-corrected chi connectivity index (χ1v) is 5.78. The van der Waals surface area contributed by atoms with Gasteiger partial charge in [0.05, 0.1) is 23.9 Å². The predicted molar refractivity (Wildman–Crippen MR) is 71.8 cm³/mol. The lowest BCUT2D eigenvalue weighted by Crippen LogP contribution is -2.21. The zero-order valence-corrected chi connectivity index (χ0v) is 10.2. The van der Waals surface area contributed by atoms with Crippen LogP contribution in [-0.4, -0.2) is 11.2 Å². The Morgan fingerprint density at radius 3 is 2.84 bits per heavy atom. The van der Waals surface area contributed by atoms with Gasteiger partial charge in [-0.3, -0.25) is 4.79 Å². The molecule has 0 aliphatic carbocycles. The van der Waals surface area contributed by atoms with Crippen molar-refractivity contribution in [2.24, 2.45) is 0 Å². The van der Waals surface area contributed by atoms with Crippen molar-refractivity contribution in [3.8, 4) is 11.8 Å². The van der Waals surface area contributed by atoms with Gasteiger partial charge in [-0.25, -0.2) is 0 Å². The van der Waals surface area contributed by atoms with Crippen LogP contribution in [0.1, 0.15) is 5.56 Å². The molecule has 5 nitrogen and oxygen atoms in total. The molecular formula is C14H13N3O2. The fourth-order valence-electron chi connectivity index (χ4n) is 1.65. The Morgan fingerprint density at radius 2 is 2.16 bits per heavy atom. The number of pyridine rings is 1. The third kappa shape index (κ3) is 3.13. The zero-order valence-electron chi connectivity index (χ0n) is 10.2. The molecule has 2 aromatic rings. The lowest BCUT2D eigenvalue weighted by atomic mass is 10.2. The number of nitriles is 1. The summed E-state index contributed by atoms with van der Waals surface area (Å²) in [5.41, 5.74) is 6.60. The van der Waals surface area contributed by atoms with Crippen molar-refractivity contribution in [3.63, 3.8) is 0 Å². The monoisotopic (exact) mass is 255 g/mol. The van der Waals surface area contributed by atoms with Crippen molar-refractivity contribution in [1.29, 1.82) is 5.26 Å². The zero-order chi connectivity index (χ0) is 13.7. The normalized spacial score (nSPS) is 9.84. The van der Waals surface area contributed by atoms with Gasteiger partial charge in [0.15, 0.2) is 0 Å². The van der Waals surface area contributed by atoms with Crippen molar-refractivity contribution in [3.05, 3.63) is 58.5 Å². The average Bonchev–Trinajstić information content (AvgIpc) is 2.42. The van der Waals surface area contributed by atoms with Crippen LogP contribution in [0.25, 0.3) is 0 Å². The highest BCUT2D eigenvalue weighted by atomic mass is 16.5. The predicted octanol–water partition coefficient (Wildman–Crippen LogP) is 1.38. The minimum Gasteiger partial charge on any atom is -0.490 e. The Labute approximate surface area is 110 Å². The van der Waals surface area contributed by atoms with Gasteiger partial charge in [0.25, 0.3) is 5.56 Å². The number of benzene rings is 1. The second-order valence-corrected chi connectivity index (χ2v) is 3.95. The minimum atomic E-state index is -0.0705.